The zero-order valence-corrected chi connectivity index (χ0v) is 37.4. The standard InChI is InChI=1S/C45H70N8O6/c1-11-35-40(55)50(9)36-27-46-41(49-38(36)53(35)32-14-12-13-15-32)48-34-17-16-30(26-37(34)57-10)39(54)47-31-18-22-51(23-19-31)29-44(5,6)28-45(7,8)58-33-20-24-52(25-21-33)42(56)59-43(2,3)4/h16-17,26-27,31-33,35H,11-15,18-25,28-29H2,1-10H3,(H,47,54)(H,46,48,49)/t35-/m1/s1. The van der Waals surface area contributed by atoms with Crippen molar-refractivity contribution in [1.29, 1.82) is 0 Å². The van der Waals surface area contributed by atoms with E-state index in [0.29, 0.717) is 48.1 Å². The first-order chi connectivity index (χ1) is 27.8. The molecule has 1 aliphatic carbocycles. The Labute approximate surface area is 352 Å². The highest BCUT2D eigenvalue weighted by molar-refractivity contribution is 6.04. The number of amides is 3. The molecule has 3 aliphatic heterocycles. The molecule has 1 aromatic carbocycles. The van der Waals surface area contributed by atoms with Crippen LogP contribution in [-0.4, -0.2) is 120 Å². The number of ether oxygens (including phenoxy) is 3. The van der Waals surface area contributed by atoms with E-state index >= 15 is 0 Å². The molecule has 6 rings (SSSR count). The predicted octanol–water partition coefficient (Wildman–Crippen LogP) is 7.54. The van der Waals surface area contributed by atoms with Crippen LogP contribution in [0.3, 0.4) is 0 Å². The van der Waals surface area contributed by atoms with Crippen molar-refractivity contribution in [2.45, 2.75) is 155 Å². The first-order valence-electron chi connectivity index (χ1n) is 21.9. The molecule has 14 nitrogen and oxygen atoms in total. The number of aromatic nitrogens is 2. The van der Waals surface area contributed by atoms with Gasteiger partial charge in [-0.1, -0.05) is 33.6 Å². The molecule has 1 aromatic heterocycles. The maximum absolute atomic E-state index is 13.5. The summed E-state index contributed by atoms with van der Waals surface area (Å²) in [7, 11) is 3.39. The Morgan fingerprint density at radius 2 is 1.61 bits per heavy atom. The molecule has 0 spiro atoms. The van der Waals surface area contributed by atoms with Crippen LogP contribution in [0.4, 0.5) is 27.9 Å². The largest absolute Gasteiger partial charge is 0.495 e. The third kappa shape index (κ3) is 11.2. The average Bonchev–Trinajstić information content (AvgIpc) is 3.70. The number of fused-ring (bicyclic) bond motifs is 1. The van der Waals surface area contributed by atoms with Crippen molar-refractivity contribution in [3.63, 3.8) is 0 Å². The van der Waals surface area contributed by atoms with Crippen LogP contribution < -0.4 is 25.2 Å². The molecule has 2 N–H and O–H groups in total. The van der Waals surface area contributed by atoms with E-state index < -0.39 is 5.60 Å². The van der Waals surface area contributed by atoms with Crippen LogP contribution in [0.1, 0.15) is 130 Å². The molecule has 1 atom stereocenters. The van der Waals surface area contributed by atoms with Gasteiger partial charge < -0.3 is 44.4 Å². The van der Waals surface area contributed by atoms with Gasteiger partial charge in [-0.2, -0.15) is 4.98 Å². The number of carbonyl (C=O) groups excluding carboxylic acids is 3. The smallest absolute Gasteiger partial charge is 0.410 e. The Morgan fingerprint density at radius 1 is 0.932 bits per heavy atom. The van der Waals surface area contributed by atoms with E-state index in [2.05, 4.69) is 60.0 Å². The van der Waals surface area contributed by atoms with Crippen molar-refractivity contribution < 1.29 is 28.6 Å². The number of hydrogen-bond donors (Lipinski definition) is 2. The molecule has 4 aliphatic rings. The van der Waals surface area contributed by atoms with Crippen molar-refractivity contribution in [3.8, 4) is 5.75 Å². The number of likely N-dealkylation sites (N-methyl/N-ethyl adjacent to an activating group) is 1. The molecule has 4 heterocycles. The van der Waals surface area contributed by atoms with Gasteiger partial charge in [-0.15, -0.1) is 0 Å². The summed E-state index contributed by atoms with van der Waals surface area (Å²) < 4.78 is 18.0. The van der Waals surface area contributed by atoms with Crippen LogP contribution in [0.2, 0.25) is 0 Å². The lowest BCUT2D eigenvalue weighted by atomic mass is 9.80. The van der Waals surface area contributed by atoms with Crippen LogP contribution in [0, 0.1) is 5.41 Å². The van der Waals surface area contributed by atoms with Crippen LogP contribution in [-0.2, 0) is 14.3 Å². The Kier molecular flexibility index (Phi) is 13.7. The van der Waals surface area contributed by atoms with Crippen LogP contribution in [0.25, 0.3) is 0 Å². The summed E-state index contributed by atoms with van der Waals surface area (Å²) >= 11 is 0. The molecule has 1 saturated carbocycles. The maximum Gasteiger partial charge on any atom is 0.410 e. The maximum atomic E-state index is 13.5. The number of likely N-dealkylation sites (tertiary alicyclic amines) is 2. The van der Waals surface area contributed by atoms with Gasteiger partial charge in [0.05, 0.1) is 30.7 Å². The van der Waals surface area contributed by atoms with Crippen molar-refractivity contribution in [1.82, 2.24) is 25.1 Å². The molecule has 3 amide bonds. The summed E-state index contributed by atoms with van der Waals surface area (Å²) in [6.07, 6.45) is 11.0. The van der Waals surface area contributed by atoms with Gasteiger partial charge in [0.2, 0.25) is 11.9 Å². The van der Waals surface area contributed by atoms with E-state index in [0.717, 1.165) is 83.2 Å². The van der Waals surface area contributed by atoms with E-state index in [4.69, 9.17) is 19.2 Å². The van der Waals surface area contributed by atoms with E-state index in [1.54, 1.807) is 42.3 Å². The Balaban J connectivity index is 0.986. The highest BCUT2D eigenvalue weighted by Gasteiger charge is 2.41. The molecule has 326 valence electrons. The highest BCUT2D eigenvalue weighted by Crippen LogP contribution is 2.41. The fraction of sp³-hybridized carbons (Fsp3) is 0.711. The minimum atomic E-state index is -0.497. The Morgan fingerprint density at radius 3 is 2.24 bits per heavy atom. The average molecular weight is 819 g/mol. The normalized spacial score (nSPS) is 20.5. The van der Waals surface area contributed by atoms with Crippen LogP contribution in [0.5, 0.6) is 5.75 Å². The molecule has 3 fully saturated rings. The summed E-state index contributed by atoms with van der Waals surface area (Å²) in [5.41, 5.74) is 1.11. The quantitative estimate of drug-likeness (QED) is 0.207. The Bertz CT molecular complexity index is 1790. The van der Waals surface area contributed by atoms with E-state index in [-0.39, 0.29) is 53.2 Å². The van der Waals surface area contributed by atoms with Crippen molar-refractivity contribution >= 4 is 41.0 Å². The first kappa shape index (κ1) is 44.4. The van der Waals surface area contributed by atoms with Crippen molar-refractivity contribution in [2.24, 2.45) is 5.41 Å². The number of nitrogens with zero attached hydrogens (tertiary/aromatic N) is 6. The third-order valence-electron chi connectivity index (χ3n) is 12.2. The molecular weight excluding hydrogens is 749 g/mol. The second-order valence-corrected chi connectivity index (χ2v) is 19.5. The minimum absolute atomic E-state index is 0.0238. The molecule has 0 bridgehead atoms. The summed E-state index contributed by atoms with van der Waals surface area (Å²) in [6.45, 7) is 20.8. The lowest BCUT2D eigenvalue weighted by molar-refractivity contribution is -0.120. The lowest BCUT2D eigenvalue weighted by Crippen LogP contribution is -2.55. The first-order valence-corrected chi connectivity index (χ1v) is 21.9. The van der Waals surface area contributed by atoms with E-state index in [1.807, 2.05) is 26.8 Å². The van der Waals surface area contributed by atoms with E-state index in [1.165, 1.54) is 0 Å². The van der Waals surface area contributed by atoms with Gasteiger partial charge in [0.25, 0.3) is 5.91 Å². The number of hydrogen-bond acceptors (Lipinski definition) is 11. The predicted molar refractivity (Wildman–Crippen MR) is 232 cm³/mol. The lowest BCUT2D eigenvalue weighted by Gasteiger charge is -2.43. The zero-order chi connectivity index (χ0) is 42.7. The number of benzene rings is 1. The number of anilines is 4. The van der Waals surface area contributed by atoms with Gasteiger partial charge in [0.1, 0.15) is 23.1 Å². The number of nitrogens with one attached hydrogen (secondary N) is 2. The molecule has 59 heavy (non-hydrogen) atoms. The molecule has 0 unspecified atom stereocenters. The van der Waals surface area contributed by atoms with Crippen LogP contribution in [0.15, 0.2) is 24.4 Å². The number of methoxy groups -OCH3 is 1. The monoisotopic (exact) mass is 819 g/mol. The molecule has 14 heteroatoms. The SMILES string of the molecule is CC[C@@H]1C(=O)N(C)c2cnc(Nc3ccc(C(=O)NC4CCN(CC(C)(C)CC(C)(C)OC5CCN(C(=O)OC(C)(C)C)CC5)CC4)cc3OC)nc2N1C1CCCC1. The van der Waals surface area contributed by atoms with Crippen LogP contribution >= 0.6 is 0 Å². The van der Waals surface area contributed by atoms with Gasteiger partial charge >= 0.3 is 6.09 Å². The second kappa shape index (κ2) is 18.2. The second-order valence-electron chi connectivity index (χ2n) is 19.5. The van der Waals surface area contributed by atoms with Gasteiger partial charge in [-0.05, 0) is 110 Å². The van der Waals surface area contributed by atoms with Crippen molar-refractivity contribution in [3.05, 3.63) is 30.0 Å². The minimum Gasteiger partial charge on any atom is -0.495 e. The fourth-order valence-electron chi connectivity index (χ4n) is 9.79. The third-order valence-corrected chi connectivity index (χ3v) is 12.2. The fourth-order valence-corrected chi connectivity index (χ4v) is 9.79. The number of carbonyl (C=O) groups is 3. The molecular formula is C45H70N8O6. The van der Waals surface area contributed by atoms with Gasteiger partial charge in [0, 0.05) is 57.4 Å². The number of piperidine rings is 2. The van der Waals surface area contributed by atoms with Gasteiger partial charge in [-0.25, -0.2) is 9.78 Å². The molecule has 0 radical (unpaired) electrons. The summed E-state index contributed by atoms with van der Waals surface area (Å²) in [4.78, 5) is 57.1. The summed E-state index contributed by atoms with van der Waals surface area (Å²) in [5, 5.41) is 6.59. The van der Waals surface area contributed by atoms with Crippen molar-refractivity contribution in [2.75, 3.05) is 62.0 Å². The zero-order valence-electron chi connectivity index (χ0n) is 37.4. The topological polar surface area (TPSA) is 142 Å². The summed E-state index contributed by atoms with van der Waals surface area (Å²) in [6, 6.07) is 5.50. The summed E-state index contributed by atoms with van der Waals surface area (Å²) in [5.74, 6) is 1.65. The van der Waals surface area contributed by atoms with E-state index in [9.17, 15) is 14.4 Å². The molecule has 2 aromatic rings. The van der Waals surface area contributed by atoms with Gasteiger partial charge in [-0.3, -0.25) is 9.59 Å². The Hall–Kier alpha value is -4.17. The molecule has 2 saturated heterocycles. The van der Waals surface area contributed by atoms with Gasteiger partial charge in [0.15, 0.2) is 5.82 Å². The number of rotatable bonds is 13. The highest BCUT2D eigenvalue weighted by atomic mass is 16.6.